The van der Waals surface area contributed by atoms with Crippen LogP contribution in [0.3, 0.4) is 0 Å². The van der Waals surface area contributed by atoms with Gasteiger partial charge in [-0.25, -0.2) is 5.90 Å². The van der Waals surface area contributed by atoms with Gasteiger partial charge in [-0.2, -0.15) is 0 Å². The van der Waals surface area contributed by atoms with Crippen LogP contribution in [0.4, 0.5) is 0 Å². The lowest BCUT2D eigenvalue weighted by molar-refractivity contribution is -0.144. The molecule has 0 bridgehead atoms. The normalized spacial score (nSPS) is 12.1. The van der Waals surface area contributed by atoms with E-state index in [1.807, 2.05) is 0 Å². The third kappa shape index (κ3) is 2.68. The largest absolute Gasteiger partial charge is 0.508 e. The summed E-state index contributed by atoms with van der Waals surface area (Å²) in [5, 5.41) is 9.55. The van der Waals surface area contributed by atoms with Crippen molar-refractivity contribution < 1.29 is 19.5 Å². The number of esters is 1. The summed E-state index contributed by atoms with van der Waals surface area (Å²) >= 11 is 0. The Morgan fingerprint density at radius 3 is 2.73 bits per heavy atom. The van der Waals surface area contributed by atoms with Gasteiger partial charge < -0.3 is 14.7 Å². The molecule has 3 N–H and O–H groups in total. The van der Waals surface area contributed by atoms with Gasteiger partial charge in [0, 0.05) is 5.56 Å². The van der Waals surface area contributed by atoms with Gasteiger partial charge in [0.2, 0.25) is 0 Å². The molecule has 5 heteroatoms. The first kappa shape index (κ1) is 11.5. The van der Waals surface area contributed by atoms with Crippen LogP contribution in [0.25, 0.3) is 0 Å². The molecule has 0 radical (unpaired) electrons. The zero-order valence-electron chi connectivity index (χ0n) is 8.34. The minimum Gasteiger partial charge on any atom is -0.508 e. The number of carbonyl (C=O) groups is 1. The summed E-state index contributed by atoms with van der Waals surface area (Å²) in [4.78, 5) is 15.8. The maximum absolute atomic E-state index is 11.4. The molecule has 15 heavy (non-hydrogen) atoms. The van der Waals surface area contributed by atoms with Crippen molar-refractivity contribution in [2.45, 2.75) is 5.92 Å². The highest BCUT2D eigenvalue weighted by molar-refractivity contribution is 5.79. The summed E-state index contributed by atoms with van der Waals surface area (Å²) in [7, 11) is 1.27. The number of hydrogen-bond donors (Lipinski definition) is 2. The van der Waals surface area contributed by atoms with Crippen LogP contribution in [0.15, 0.2) is 24.3 Å². The van der Waals surface area contributed by atoms with E-state index in [-0.39, 0.29) is 12.4 Å². The van der Waals surface area contributed by atoms with Crippen LogP contribution in [0.1, 0.15) is 11.5 Å². The molecule has 0 aromatic heterocycles. The molecule has 0 heterocycles. The molecule has 5 nitrogen and oxygen atoms in total. The van der Waals surface area contributed by atoms with Crippen LogP contribution in [0, 0.1) is 0 Å². The SMILES string of the molecule is COC(=O)C(CON)c1ccccc1O. The van der Waals surface area contributed by atoms with Crippen LogP contribution in [0.2, 0.25) is 0 Å². The molecule has 0 saturated heterocycles. The van der Waals surface area contributed by atoms with Crippen molar-refractivity contribution in [1.82, 2.24) is 0 Å². The zero-order chi connectivity index (χ0) is 11.3. The number of phenolic OH excluding ortho intramolecular Hbond substituents is 1. The third-order valence-corrected chi connectivity index (χ3v) is 2.06. The second kappa shape index (κ2) is 5.33. The number of nitrogens with two attached hydrogens (primary N) is 1. The molecule has 0 amide bonds. The lowest BCUT2D eigenvalue weighted by Crippen LogP contribution is -2.21. The number of hydrogen-bond acceptors (Lipinski definition) is 5. The Kier molecular flexibility index (Phi) is 4.08. The Bertz CT molecular complexity index is 340. The standard InChI is InChI=1S/C10H13NO4/c1-14-10(13)8(6-15-11)7-4-2-3-5-9(7)12/h2-5,8,12H,6,11H2,1H3. The lowest BCUT2D eigenvalue weighted by Gasteiger charge is -2.14. The minimum atomic E-state index is -0.707. The van der Waals surface area contributed by atoms with E-state index in [1.165, 1.54) is 13.2 Å². The van der Waals surface area contributed by atoms with E-state index in [0.717, 1.165) is 0 Å². The second-order valence-electron chi connectivity index (χ2n) is 2.97. The summed E-state index contributed by atoms with van der Waals surface area (Å²) in [5.41, 5.74) is 0.440. The monoisotopic (exact) mass is 211 g/mol. The van der Waals surface area contributed by atoms with E-state index < -0.39 is 11.9 Å². The molecule has 1 aromatic carbocycles. The van der Waals surface area contributed by atoms with Crippen LogP contribution < -0.4 is 5.90 Å². The highest BCUT2D eigenvalue weighted by Crippen LogP contribution is 2.26. The summed E-state index contributed by atoms with van der Waals surface area (Å²) in [5.74, 6) is 3.73. The van der Waals surface area contributed by atoms with Gasteiger partial charge in [0.05, 0.1) is 13.7 Å². The summed E-state index contributed by atoms with van der Waals surface area (Å²) in [6, 6.07) is 6.48. The number of carbonyl (C=O) groups excluding carboxylic acids is 1. The predicted molar refractivity (Wildman–Crippen MR) is 53.0 cm³/mol. The fourth-order valence-corrected chi connectivity index (χ4v) is 1.31. The summed E-state index contributed by atoms with van der Waals surface area (Å²) < 4.78 is 4.59. The number of ether oxygens (including phenoxy) is 1. The fourth-order valence-electron chi connectivity index (χ4n) is 1.31. The van der Waals surface area contributed by atoms with Crippen molar-refractivity contribution in [1.29, 1.82) is 0 Å². The maximum Gasteiger partial charge on any atom is 0.315 e. The molecule has 0 saturated carbocycles. The topological polar surface area (TPSA) is 81.8 Å². The molecule has 1 unspecified atom stereocenters. The number of para-hydroxylation sites is 1. The zero-order valence-corrected chi connectivity index (χ0v) is 8.34. The Balaban J connectivity index is 2.98. The predicted octanol–water partition coefficient (Wildman–Crippen LogP) is 0.539. The van der Waals surface area contributed by atoms with Gasteiger partial charge in [-0.15, -0.1) is 0 Å². The van der Waals surface area contributed by atoms with E-state index in [9.17, 15) is 9.90 Å². The number of aromatic hydroxyl groups is 1. The lowest BCUT2D eigenvalue weighted by atomic mass is 9.99. The molecule has 0 spiro atoms. The summed E-state index contributed by atoms with van der Waals surface area (Å²) in [6.45, 7) is -0.0375. The Hall–Kier alpha value is -1.59. The van der Waals surface area contributed by atoms with E-state index in [1.54, 1.807) is 18.2 Å². The quantitative estimate of drug-likeness (QED) is 0.561. The van der Waals surface area contributed by atoms with Crippen molar-refractivity contribution in [2.24, 2.45) is 5.90 Å². The van der Waals surface area contributed by atoms with Crippen LogP contribution in [-0.4, -0.2) is 24.8 Å². The van der Waals surface area contributed by atoms with Gasteiger partial charge in [-0.1, -0.05) is 18.2 Å². The molecular formula is C10H13NO4. The van der Waals surface area contributed by atoms with Crippen LogP contribution in [0.5, 0.6) is 5.75 Å². The smallest absolute Gasteiger partial charge is 0.315 e. The Morgan fingerprint density at radius 2 is 2.20 bits per heavy atom. The average Bonchev–Trinajstić information content (AvgIpc) is 2.26. The first-order valence-corrected chi connectivity index (χ1v) is 4.38. The molecule has 0 fully saturated rings. The van der Waals surface area contributed by atoms with Crippen LogP contribution >= 0.6 is 0 Å². The first-order chi connectivity index (χ1) is 7.20. The number of benzene rings is 1. The second-order valence-corrected chi connectivity index (χ2v) is 2.97. The van der Waals surface area contributed by atoms with Crippen molar-refractivity contribution >= 4 is 5.97 Å². The molecule has 82 valence electrons. The Labute approximate surface area is 87.4 Å². The molecule has 1 rings (SSSR count). The van der Waals surface area contributed by atoms with Crippen molar-refractivity contribution in [3.8, 4) is 5.75 Å². The van der Waals surface area contributed by atoms with Crippen LogP contribution in [-0.2, 0) is 14.4 Å². The van der Waals surface area contributed by atoms with E-state index in [2.05, 4.69) is 9.57 Å². The third-order valence-electron chi connectivity index (χ3n) is 2.06. The minimum absolute atomic E-state index is 0.0185. The van der Waals surface area contributed by atoms with Gasteiger partial charge >= 0.3 is 5.97 Å². The van der Waals surface area contributed by atoms with Crippen molar-refractivity contribution in [3.05, 3.63) is 29.8 Å². The maximum atomic E-state index is 11.4. The average molecular weight is 211 g/mol. The molecular weight excluding hydrogens is 198 g/mol. The number of phenols is 1. The number of methoxy groups -OCH3 is 1. The fraction of sp³-hybridized carbons (Fsp3) is 0.300. The van der Waals surface area contributed by atoms with E-state index in [0.29, 0.717) is 5.56 Å². The van der Waals surface area contributed by atoms with Crippen molar-refractivity contribution in [3.63, 3.8) is 0 Å². The van der Waals surface area contributed by atoms with Gasteiger partial charge in [0.1, 0.15) is 11.7 Å². The van der Waals surface area contributed by atoms with E-state index >= 15 is 0 Å². The first-order valence-electron chi connectivity index (χ1n) is 4.38. The van der Waals surface area contributed by atoms with Crippen molar-refractivity contribution in [2.75, 3.05) is 13.7 Å². The molecule has 0 aliphatic rings. The highest BCUT2D eigenvalue weighted by atomic mass is 16.6. The van der Waals surface area contributed by atoms with Gasteiger partial charge in [-0.05, 0) is 6.07 Å². The molecule has 0 aliphatic heterocycles. The van der Waals surface area contributed by atoms with Gasteiger partial charge in [0.15, 0.2) is 0 Å². The van der Waals surface area contributed by atoms with Gasteiger partial charge in [0.25, 0.3) is 0 Å². The molecule has 0 aliphatic carbocycles. The molecule has 1 atom stereocenters. The summed E-state index contributed by atoms with van der Waals surface area (Å²) in [6.07, 6.45) is 0. The van der Waals surface area contributed by atoms with Gasteiger partial charge in [-0.3, -0.25) is 4.79 Å². The number of rotatable bonds is 4. The van der Waals surface area contributed by atoms with E-state index in [4.69, 9.17) is 5.90 Å². The highest BCUT2D eigenvalue weighted by Gasteiger charge is 2.24. The molecule has 1 aromatic rings. The Morgan fingerprint density at radius 1 is 1.53 bits per heavy atom.